The lowest BCUT2D eigenvalue weighted by molar-refractivity contribution is 0.824. The smallest absolute Gasteiger partial charge is 0.0210 e. The number of benzene rings is 1. The average Bonchev–Trinajstić information content (AvgIpc) is 2.08. The van der Waals surface area contributed by atoms with Gasteiger partial charge in [0.2, 0.25) is 0 Å². The van der Waals surface area contributed by atoms with Crippen LogP contribution in [-0.2, 0) is 0 Å². The first kappa shape index (κ1) is 11.8. The fourth-order valence-electron chi connectivity index (χ4n) is 1.65. The van der Waals surface area contributed by atoms with Crippen LogP contribution in [0.1, 0.15) is 56.2 Å². The lowest BCUT2D eigenvalue weighted by Crippen LogP contribution is -1.97. The molecule has 0 heterocycles. The van der Waals surface area contributed by atoms with Crippen LogP contribution in [0.2, 0.25) is 0 Å². The normalized spacial score (nSPS) is 11.4. The lowest BCUT2D eigenvalue weighted by atomic mass is 9.92. The Morgan fingerprint density at radius 1 is 1.00 bits per heavy atom. The summed E-state index contributed by atoms with van der Waals surface area (Å²) in [7, 11) is 0. The maximum Gasteiger partial charge on any atom is 0.0210 e. The van der Waals surface area contributed by atoms with Crippen molar-refractivity contribution in [3.8, 4) is 0 Å². The van der Waals surface area contributed by atoms with Crippen molar-refractivity contribution >= 4 is 15.9 Å². The third-order valence-electron chi connectivity index (χ3n) is 2.70. The Morgan fingerprint density at radius 2 is 1.57 bits per heavy atom. The van der Waals surface area contributed by atoms with Gasteiger partial charge in [0.05, 0.1) is 0 Å². The predicted molar refractivity (Wildman–Crippen MR) is 67.1 cm³/mol. The molecule has 0 unspecified atom stereocenters. The second kappa shape index (κ2) is 4.48. The van der Waals surface area contributed by atoms with Crippen LogP contribution < -0.4 is 0 Å². The van der Waals surface area contributed by atoms with Gasteiger partial charge in [-0.2, -0.15) is 0 Å². The van der Waals surface area contributed by atoms with Gasteiger partial charge in [-0.25, -0.2) is 0 Å². The van der Waals surface area contributed by atoms with Gasteiger partial charge in [-0.1, -0.05) is 49.7 Å². The van der Waals surface area contributed by atoms with E-state index in [4.69, 9.17) is 0 Å². The first-order chi connectivity index (χ1) is 6.43. The van der Waals surface area contributed by atoms with Crippen molar-refractivity contribution in [2.45, 2.75) is 46.5 Å². The maximum absolute atomic E-state index is 3.63. The molecule has 1 heteroatoms. The molecule has 78 valence electrons. The highest BCUT2D eigenvalue weighted by molar-refractivity contribution is 9.10. The zero-order valence-corrected chi connectivity index (χ0v) is 11.3. The molecular weight excluding hydrogens is 236 g/mol. The van der Waals surface area contributed by atoms with E-state index in [1.165, 1.54) is 21.2 Å². The highest BCUT2D eigenvalue weighted by atomic mass is 79.9. The number of rotatable bonds is 2. The molecule has 0 saturated heterocycles. The van der Waals surface area contributed by atoms with E-state index in [9.17, 15) is 0 Å². The zero-order chi connectivity index (χ0) is 10.9. The lowest BCUT2D eigenvalue weighted by Gasteiger charge is -2.15. The Labute approximate surface area is 95.9 Å². The standard InChI is InChI=1S/C13H19Br/c1-8(2)11-6-12(9(3)4)10(5)13(14)7-11/h6-9H,1-5H3. The molecule has 1 aromatic rings. The van der Waals surface area contributed by atoms with Crippen LogP contribution in [0, 0.1) is 6.92 Å². The van der Waals surface area contributed by atoms with Gasteiger partial charge in [-0.3, -0.25) is 0 Å². The molecule has 1 rings (SSSR count). The Hall–Kier alpha value is -0.300. The molecule has 0 aliphatic heterocycles. The molecule has 14 heavy (non-hydrogen) atoms. The Bertz CT molecular complexity index is 324. The largest absolute Gasteiger partial charge is 0.0587 e. The van der Waals surface area contributed by atoms with E-state index in [-0.39, 0.29) is 0 Å². The Balaban J connectivity index is 3.28. The van der Waals surface area contributed by atoms with Crippen molar-refractivity contribution in [1.82, 2.24) is 0 Å². The summed E-state index contributed by atoms with van der Waals surface area (Å²) in [6.45, 7) is 11.2. The van der Waals surface area contributed by atoms with Crippen LogP contribution in [0.5, 0.6) is 0 Å². The van der Waals surface area contributed by atoms with Crippen LogP contribution in [0.15, 0.2) is 16.6 Å². The van der Waals surface area contributed by atoms with E-state index < -0.39 is 0 Å². The molecule has 0 amide bonds. The summed E-state index contributed by atoms with van der Waals surface area (Å²) in [6.07, 6.45) is 0. The molecular formula is C13H19Br. The number of halogens is 1. The topological polar surface area (TPSA) is 0 Å². The van der Waals surface area contributed by atoms with Crippen molar-refractivity contribution in [2.24, 2.45) is 0 Å². The molecule has 0 atom stereocenters. The van der Waals surface area contributed by atoms with Crippen molar-refractivity contribution < 1.29 is 0 Å². The van der Waals surface area contributed by atoms with Crippen LogP contribution in [-0.4, -0.2) is 0 Å². The Morgan fingerprint density at radius 3 is 2.00 bits per heavy atom. The molecule has 0 aliphatic rings. The zero-order valence-electron chi connectivity index (χ0n) is 9.69. The molecule has 0 aromatic heterocycles. The second-order valence-corrected chi connectivity index (χ2v) is 5.38. The van der Waals surface area contributed by atoms with Gasteiger partial charge in [-0.05, 0) is 41.5 Å². The molecule has 0 nitrogen and oxygen atoms in total. The highest BCUT2D eigenvalue weighted by Crippen LogP contribution is 2.30. The van der Waals surface area contributed by atoms with Crippen LogP contribution in [0.4, 0.5) is 0 Å². The van der Waals surface area contributed by atoms with Gasteiger partial charge in [0.15, 0.2) is 0 Å². The van der Waals surface area contributed by atoms with E-state index in [2.05, 4.69) is 62.7 Å². The Kier molecular flexibility index (Phi) is 3.77. The summed E-state index contributed by atoms with van der Waals surface area (Å²) in [5, 5.41) is 0. The first-order valence-corrected chi connectivity index (χ1v) is 6.02. The van der Waals surface area contributed by atoms with E-state index in [0.29, 0.717) is 11.8 Å². The van der Waals surface area contributed by atoms with Crippen molar-refractivity contribution in [3.63, 3.8) is 0 Å². The van der Waals surface area contributed by atoms with Crippen molar-refractivity contribution in [3.05, 3.63) is 33.3 Å². The van der Waals surface area contributed by atoms with Gasteiger partial charge in [0.1, 0.15) is 0 Å². The molecule has 0 N–H and O–H groups in total. The summed E-state index contributed by atoms with van der Waals surface area (Å²) < 4.78 is 1.24. The molecule has 0 bridgehead atoms. The SMILES string of the molecule is Cc1c(Br)cc(C(C)C)cc1C(C)C. The third kappa shape index (κ3) is 2.38. The fourth-order valence-corrected chi connectivity index (χ4v) is 2.15. The third-order valence-corrected chi connectivity index (χ3v) is 3.52. The summed E-state index contributed by atoms with van der Waals surface area (Å²) in [6, 6.07) is 4.58. The minimum absolute atomic E-state index is 0.601. The fraction of sp³-hybridized carbons (Fsp3) is 0.538. The average molecular weight is 255 g/mol. The summed E-state index contributed by atoms with van der Waals surface area (Å²) in [4.78, 5) is 0. The summed E-state index contributed by atoms with van der Waals surface area (Å²) in [5.74, 6) is 1.20. The monoisotopic (exact) mass is 254 g/mol. The quantitative estimate of drug-likeness (QED) is 0.697. The first-order valence-electron chi connectivity index (χ1n) is 5.23. The van der Waals surface area contributed by atoms with Crippen LogP contribution in [0.25, 0.3) is 0 Å². The minimum Gasteiger partial charge on any atom is -0.0587 e. The molecule has 0 radical (unpaired) electrons. The van der Waals surface area contributed by atoms with E-state index in [0.717, 1.165) is 0 Å². The molecule has 0 fully saturated rings. The van der Waals surface area contributed by atoms with E-state index >= 15 is 0 Å². The molecule has 0 spiro atoms. The second-order valence-electron chi connectivity index (χ2n) is 4.53. The summed E-state index contributed by atoms with van der Waals surface area (Å²) in [5.41, 5.74) is 4.26. The van der Waals surface area contributed by atoms with Crippen molar-refractivity contribution in [2.75, 3.05) is 0 Å². The molecule has 0 saturated carbocycles. The van der Waals surface area contributed by atoms with Gasteiger partial charge >= 0.3 is 0 Å². The highest BCUT2D eigenvalue weighted by Gasteiger charge is 2.10. The van der Waals surface area contributed by atoms with Crippen LogP contribution >= 0.6 is 15.9 Å². The predicted octanol–water partition coefficient (Wildman–Crippen LogP) is 5.00. The maximum atomic E-state index is 3.63. The van der Waals surface area contributed by atoms with Crippen LogP contribution in [0.3, 0.4) is 0 Å². The number of hydrogen-bond donors (Lipinski definition) is 0. The van der Waals surface area contributed by atoms with E-state index in [1.807, 2.05) is 0 Å². The van der Waals surface area contributed by atoms with Crippen molar-refractivity contribution in [1.29, 1.82) is 0 Å². The molecule has 1 aromatic carbocycles. The van der Waals surface area contributed by atoms with E-state index in [1.54, 1.807) is 0 Å². The number of hydrogen-bond acceptors (Lipinski definition) is 0. The minimum atomic E-state index is 0.601. The molecule has 0 aliphatic carbocycles. The van der Waals surface area contributed by atoms with Gasteiger partial charge in [0, 0.05) is 4.47 Å². The summed E-state index contributed by atoms with van der Waals surface area (Å²) >= 11 is 3.63. The van der Waals surface area contributed by atoms with Gasteiger partial charge in [-0.15, -0.1) is 0 Å². The van der Waals surface area contributed by atoms with Gasteiger partial charge in [0.25, 0.3) is 0 Å². The van der Waals surface area contributed by atoms with Gasteiger partial charge < -0.3 is 0 Å².